The number of carbonyl (C=O) groups is 1. The fourth-order valence-corrected chi connectivity index (χ4v) is 2.12. The molecule has 1 saturated heterocycles. The zero-order chi connectivity index (χ0) is 12.1. The molecule has 0 spiro atoms. The number of nitrogens with zero attached hydrogens (tertiary/aromatic N) is 4. The monoisotopic (exact) mass is 238 g/mol. The van der Waals surface area contributed by atoms with Gasteiger partial charge in [0.1, 0.15) is 0 Å². The molecule has 2 heterocycles. The van der Waals surface area contributed by atoms with E-state index in [2.05, 4.69) is 32.9 Å². The Hall–Kier alpha value is -1.50. The van der Waals surface area contributed by atoms with Crippen LogP contribution in [-0.4, -0.2) is 57.1 Å². The molecule has 1 aliphatic rings. The molecule has 0 bridgehead atoms. The van der Waals surface area contributed by atoms with Crippen LogP contribution in [0, 0.1) is 0 Å². The molecule has 1 aromatic rings. The van der Waals surface area contributed by atoms with Gasteiger partial charge in [-0.1, -0.05) is 6.92 Å². The molecule has 0 aromatic carbocycles. The standard InChI is InChI=1S/C10H18N6O/c1-2-6-16(7-8-4-3-5-11-8)10(17)9-12-14-15-13-9/h8,11H,2-7H2,1H3,(H,12,13,14,15). The van der Waals surface area contributed by atoms with E-state index >= 15 is 0 Å². The lowest BCUT2D eigenvalue weighted by Crippen LogP contribution is -2.41. The van der Waals surface area contributed by atoms with Crippen molar-refractivity contribution in [1.82, 2.24) is 30.8 Å². The molecule has 0 radical (unpaired) electrons. The maximum Gasteiger partial charge on any atom is 0.295 e. The van der Waals surface area contributed by atoms with Gasteiger partial charge in [-0.2, -0.15) is 5.21 Å². The van der Waals surface area contributed by atoms with Crippen LogP contribution in [0.1, 0.15) is 36.8 Å². The fourth-order valence-electron chi connectivity index (χ4n) is 2.12. The second-order valence-electron chi connectivity index (χ2n) is 4.28. The summed E-state index contributed by atoms with van der Waals surface area (Å²) >= 11 is 0. The van der Waals surface area contributed by atoms with Crippen LogP contribution in [-0.2, 0) is 0 Å². The summed E-state index contributed by atoms with van der Waals surface area (Å²) in [6.45, 7) is 4.55. The van der Waals surface area contributed by atoms with Crippen molar-refractivity contribution in [2.45, 2.75) is 32.2 Å². The van der Waals surface area contributed by atoms with Crippen LogP contribution in [0.5, 0.6) is 0 Å². The molecule has 2 N–H and O–H groups in total. The summed E-state index contributed by atoms with van der Waals surface area (Å²) in [6.07, 6.45) is 3.23. The zero-order valence-electron chi connectivity index (χ0n) is 10.0. The largest absolute Gasteiger partial charge is 0.334 e. The van der Waals surface area contributed by atoms with Crippen molar-refractivity contribution >= 4 is 5.91 Å². The van der Waals surface area contributed by atoms with Crippen molar-refractivity contribution in [1.29, 1.82) is 0 Å². The third-order valence-electron chi connectivity index (χ3n) is 2.92. The molecule has 0 saturated carbocycles. The molecule has 1 amide bonds. The molecule has 1 unspecified atom stereocenters. The number of H-pyrrole nitrogens is 1. The Balaban J connectivity index is 1.98. The van der Waals surface area contributed by atoms with Crippen molar-refractivity contribution in [3.05, 3.63) is 5.82 Å². The molecule has 7 nitrogen and oxygen atoms in total. The predicted octanol–water partition coefficient (Wildman–Crippen LogP) is -0.196. The quantitative estimate of drug-likeness (QED) is 0.742. The summed E-state index contributed by atoms with van der Waals surface area (Å²) < 4.78 is 0. The second-order valence-corrected chi connectivity index (χ2v) is 4.28. The molecule has 2 rings (SSSR count). The van der Waals surface area contributed by atoms with Gasteiger partial charge in [0.15, 0.2) is 0 Å². The van der Waals surface area contributed by atoms with Crippen LogP contribution >= 0.6 is 0 Å². The van der Waals surface area contributed by atoms with Gasteiger partial charge in [-0.3, -0.25) is 4.79 Å². The van der Waals surface area contributed by atoms with Gasteiger partial charge in [0, 0.05) is 19.1 Å². The number of hydrogen-bond acceptors (Lipinski definition) is 5. The van der Waals surface area contributed by atoms with E-state index in [-0.39, 0.29) is 11.7 Å². The normalized spacial score (nSPS) is 19.5. The fraction of sp³-hybridized carbons (Fsp3) is 0.800. The van der Waals surface area contributed by atoms with Gasteiger partial charge in [-0.25, -0.2) is 0 Å². The topological polar surface area (TPSA) is 86.8 Å². The third-order valence-corrected chi connectivity index (χ3v) is 2.92. The van der Waals surface area contributed by atoms with Crippen LogP contribution in [0.2, 0.25) is 0 Å². The second kappa shape index (κ2) is 5.72. The zero-order valence-corrected chi connectivity index (χ0v) is 10.0. The van der Waals surface area contributed by atoms with E-state index in [0.29, 0.717) is 6.04 Å². The smallest absolute Gasteiger partial charge is 0.295 e. The Morgan fingerprint density at radius 3 is 3.06 bits per heavy atom. The first kappa shape index (κ1) is 12.0. The lowest BCUT2D eigenvalue weighted by atomic mass is 10.2. The Labute approximate surface area is 100.0 Å². The number of nitrogens with one attached hydrogen (secondary N) is 2. The molecule has 1 atom stereocenters. The number of hydrogen-bond donors (Lipinski definition) is 2. The highest BCUT2D eigenvalue weighted by molar-refractivity contribution is 5.90. The van der Waals surface area contributed by atoms with Crippen LogP contribution < -0.4 is 5.32 Å². The summed E-state index contributed by atoms with van der Waals surface area (Å²) in [5.74, 6) is 0.00532. The van der Waals surface area contributed by atoms with Crippen molar-refractivity contribution in [3.63, 3.8) is 0 Å². The number of aromatic amines is 1. The minimum Gasteiger partial charge on any atom is -0.334 e. The van der Waals surface area contributed by atoms with Crippen LogP contribution in [0.15, 0.2) is 0 Å². The average Bonchev–Trinajstić information content (AvgIpc) is 3.00. The van der Waals surface area contributed by atoms with Gasteiger partial charge in [-0.15, -0.1) is 10.2 Å². The van der Waals surface area contributed by atoms with E-state index in [9.17, 15) is 4.79 Å². The van der Waals surface area contributed by atoms with Gasteiger partial charge in [0.25, 0.3) is 11.7 Å². The maximum atomic E-state index is 12.1. The number of amides is 1. The number of rotatable bonds is 5. The molecule has 1 aliphatic heterocycles. The van der Waals surface area contributed by atoms with E-state index in [1.165, 1.54) is 6.42 Å². The summed E-state index contributed by atoms with van der Waals surface area (Å²) in [4.78, 5) is 13.9. The first-order valence-corrected chi connectivity index (χ1v) is 6.07. The van der Waals surface area contributed by atoms with Crippen LogP contribution in [0.25, 0.3) is 0 Å². The van der Waals surface area contributed by atoms with Crippen molar-refractivity contribution in [3.8, 4) is 0 Å². The molecular formula is C10H18N6O. The highest BCUT2D eigenvalue weighted by atomic mass is 16.2. The van der Waals surface area contributed by atoms with Gasteiger partial charge >= 0.3 is 0 Å². The molecule has 7 heteroatoms. The predicted molar refractivity (Wildman–Crippen MR) is 61.4 cm³/mol. The molecule has 0 aliphatic carbocycles. The number of aromatic nitrogens is 4. The summed E-state index contributed by atoms with van der Waals surface area (Å²) in [5, 5.41) is 16.6. The minimum absolute atomic E-state index is 0.144. The van der Waals surface area contributed by atoms with E-state index in [0.717, 1.165) is 32.5 Å². The van der Waals surface area contributed by atoms with Crippen molar-refractivity contribution in [2.24, 2.45) is 0 Å². The molecule has 94 valence electrons. The van der Waals surface area contributed by atoms with Crippen LogP contribution in [0.4, 0.5) is 0 Å². The summed E-state index contributed by atoms with van der Waals surface area (Å²) in [5.41, 5.74) is 0. The maximum absolute atomic E-state index is 12.1. The minimum atomic E-state index is -0.144. The molecular weight excluding hydrogens is 220 g/mol. The van der Waals surface area contributed by atoms with E-state index in [1.807, 2.05) is 0 Å². The highest BCUT2D eigenvalue weighted by Gasteiger charge is 2.23. The van der Waals surface area contributed by atoms with Crippen LogP contribution in [0.3, 0.4) is 0 Å². The average molecular weight is 238 g/mol. The summed E-state index contributed by atoms with van der Waals surface area (Å²) in [7, 11) is 0. The molecule has 1 aromatic heterocycles. The van der Waals surface area contributed by atoms with Crippen molar-refractivity contribution < 1.29 is 4.79 Å². The van der Waals surface area contributed by atoms with Gasteiger partial charge in [0.2, 0.25) is 0 Å². The Morgan fingerprint density at radius 1 is 1.59 bits per heavy atom. The third kappa shape index (κ3) is 3.00. The number of carbonyl (C=O) groups excluding carboxylic acids is 1. The lowest BCUT2D eigenvalue weighted by molar-refractivity contribution is 0.0729. The lowest BCUT2D eigenvalue weighted by Gasteiger charge is -2.24. The highest BCUT2D eigenvalue weighted by Crippen LogP contribution is 2.09. The first-order valence-electron chi connectivity index (χ1n) is 6.07. The molecule has 17 heavy (non-hydrogen) atoms. The van der Waals surface area contributed by atoms with Gasteiger partial charge in [0.05, 0.1) is 0 Å². The van der Waals surface area contributed by atoms with E-state index in [1.54, 1.807) is 4.90 Å². The Kier molecular flexibility index (Phi) is 4.03. The molecule has 1 fully saturated rings. The Morgan fingerprint density at radius 2 is 2.47 bits per heavy atom. The van der Waals surface area contributed by atoms with E-state index in [4.69, 9.17) is 0 Å². The first-order chi connectivity index (χ1) is 8.31. The Bertz CT molecular complexity index is 346. The van der Waals surface area contributed by atoms with Gasteiger partial charge < -0.3 is 10.2 Å². The van der Waals surface area contributed by atoms with Gasteiger partial charge in [-0.05, 0) is 31.0 Å². The number of tetrazole rings is 1. The summed E-state index contributed by atoms with van der Waals surface area (Å²) in [6, 6.07) is 0.400. The van der Waals surface area contributed by atoms with Crippen molar-refractivity contribution in [2.75, 3.05) is 19.6 Å². The SMILES string of the molecule is CCCN(CC1CCCN1)C(=O)c1nn[nH]n1. The van der Waals surface area contributed by atoms with E-state index < -0.39 is 0 Å².